The van der Waals surface area contributed by atoms with Crippen LogP contribution in [0.3, 0.4) is 0 Å². The number of methoxy groups -OCH3 is 1. The molecule has 2 N–H and O–H groups in total. The molecular formula is C14H19NO3. The lowest BCUT2D eigenvalue weighted by molar-refractivity contribution is -0.141. The molecule has 18 heavy (non-hydrogen) atoms. The Kier molecular flexibility index (Phi) is 3.30. The zero-order valence-electron chi connectivity index (χ0n) is 11.0. The van der Waals surface area contributed by atoms with Crippen LogP contribution in [0.1, 0.15) is 37.4 Å². The van der Waals surface area contributed by atoms with E-state index in [0.717, 1.165) is 23.3 Å². The fourth-order valence-corrected chi connectivity index (χ4v) is 2.30. The Bertz CT molecular complexity index is 468. The third-order valence-corrected chi connectivity index (χ3v) is 3.14. The van der Waals surface area contributed by atoms with Crippen molar-refractivity contribution < 1.29 is 14.3 Å². The first-order chi connectivity index (χ1) is 8.43. The van der Waals surface area contributed by atoms with Crippen LogP contribution >= 0.6 is 0 Å². The zero-order valence-corrected chi connectivity index (χ0v) is 11.0. The highest BCUT2D eigenvalue weighted by molar-refractivity contribution is 5.70. The largest absolute Gasteiger partial charge is 0.487 e. The number of hydrogen-bond donors (Lipinski definition) is 1. The first kappa shape index (κ1) is 12.9. The molecule has 1 aliphatic rings. The van der Waals surface area contributed by atoms with Crippen molar-refractivity contribution in [3.05, 3.63) is 29.3 Å². The van der Waals surface area contributed by atoms with Crippen LogP contribution < -0.4 is 10.5 Å². The van der Waals surface area contributed by atoms with Crippen molar-refractivity contribution in [2.75, 3.05) is 7.11 Å². The van der Waals surface area contributed by atoms with Gasteiger partial charge in [0.05, 0.1) is 13.5 Å². The maximum Gasteiger partial charge on any atom is 0.307 e. The second kappa shape index (κ2) is 4.61. The van der Waals surface area contributed by atoms with Crippen LogP contribution in [0.4, 0.5) is 0 Å². The van der Waals surface area contributed by atoms with E-state index in [1.165, 1.54) is 7.11 Å². The van der Waals surface area contributed by atoms with Gasteiger partial charge in [-0.2, -0.15) is 0 Å². The van der Waals surface area contributed by atoms with Gasteiger partial charge >= 0.3 is 5.97 Å². The Morgan fingerprint density at radius 2 is 2.28 bits per heavy atom. The van der Waals surface area contributed by atoms with Crippen molar-refractivity contribution in [3.8, 4) is 5.75 Å². The van der Waals surface area contributed by atoms with Crippen LogP contribution in [0.2, 0.25) is 0 Å². The Morgan fingerprint density at radius 3 is 2.94 bits per heavy atom. The van der Waals surface area contributed by atoms with Gasteiger partial charge in [0.1, 0.15) is 11.4 Å². The topological polar surface area (TPSA) is 61.5 Å². The summed E-state index contributed by atoms with van der Waals surface area (Å²) >= 11 is 0. The maximum absolute atomic E-state index is 11.3. The summed E-state index contributed by atoms with van der Waals surface area (Å²) in [6.45, 7) is 4.09. The minimum Gasteiger partial charge on any atom is -0.487 e. The molecule has 1 atom stereocenters. The molecule has 4 heteroatoms. The summed E-state index contributed by atoms with van der Waals surface area (Å²) in [5.74, 6) is 0.524. The SMILES string of the molecule is COC(=O)CC(N)c1cccc2c1OC(C)(C)C2. The summed E-state index contributed by atoms with van der Waals surface area (Å²) in [4.78, 5) is 11.3. The number of hydrogen-bond acceptors (Lipinski definition) is 4. The summed E-state index contributed by atoms with van der Waals surface area (Å²) in [7, 11) is 1.37. The van der Waals surface area contributed by atoms with Gasteiger partial charge in [-0.15, -0.1) is 0 Å². The zero-order chi connectivity index (χ0) is 13.3. The summed E-state index contributed by atoms with van der Waals surface area (Å²) in [6, 6.07) is 5.52. The molecule has 1 unspecified atom stereocenters. The smallest absolute Gasteiger partial charge is 0.307 e. The number of nitrogens with two attached hydrogens (primary N) is 1. The standard InChI is InChI=1S/C14H19NO3/c1-14(2)8-9-5-4-6-10(13(9)18-14)11(15)7-12(16)17-3/h4-6,11H,7-8,15H2,1-3H3. The van der Waals surface area contributed by atoms with Gasteiger partial charge in [0.2, 0.25) is 0 Å². The molecule has 0 aliphatic carbocycles. The Hall–Kier alpha value is -1.55. The van der Waals surface area contributed by atoms with Crippen molar-refractivity contribution in [2.45, 2.75) is 38.3 Å². The Labute approximate surface area is 107 Å². The van der Waals surface area contributed by atoms with Crippen molar-refractivity contribution >= 4 is 5.97 Å². The number of para-hydroxylation sites is 1. The fourth-order valence-electron chi connectivity index (χ4n) is 2.30. The van der Waals surface area contributed by atoms with E-state index < -0.39 is 0 Å². The van der Waals surface area contributed by atoms with Crippen LogP contribution in [0.5, 0.6) is 5.75 Å². The molecule has 0 saturated heterocycles. The molecule has 0 spiro atoms. The average molecular weight is 249 g/mol. The lowest BCUT2D eigenvalue weighted by Crippen LogP contribution is -2.25. The summed E-state index contributed by atoms with van der Waals surface area (Å²) < 4.78 is 10.6. The van der Waals surface area contributed by atoms with Gasteiger partial charge in [0.25, 0.3) is 0 Å². The molecule has 1 aliphatic heterocycles. The molecule has 0 fully saturated rings. The minimum atomic E-state index is -0.388. The Morgan fingerprint density at radius 1 is 1.56 bits per heavy atom. The maximum atomic E-state index is 11.3. The van der Waals surface area contributed by atoms with Gasteiger partial charge in [-0.3, -0.25) is 4.79 Å². The fraction of sp³-hybridized carbons (Fsp3) is 0.500. The molecule has 0 bridgehead atoms. The number of carbonyl (C=O) groups is 1. The average Bonchev–Trinajstić information content (AvgIpc) is 2.61. The number of esters is 1. The van der Waals surface area contributed by atoms with Gasteiger partial charge in [-0.1, -0.05) is 18.2 Å². The van der Waals surface area contributed by atoms with E-state index in [1.54, 1.807) is 0 Å². The molecule has 98 valence electrons. The number of rotatable bonds is 3. The predicted molar refractivity (Wildman–Crippen MR) is 68.4 cm³/mol. The lowest BCUT2D eigenvalue weighted by atomic mass is 9.97. The van der Waals surface area contributed by atoms with Crippen molar-refractivity contribution in [2.24, 2.45) is 5.73 Å². The van der Waals surface area contributed by atoms with Crippen LogP contribution in [0.25, 0.3) is 0 Å². The Balaban J connectivity index is 2.26. The van der Waals surface area contributed by atoms with E-state index >= 15 is 0 Å². The highest BCUT2D eigenvalue weighted by atomic mass is 16.5. The van der Waals surface area contributed by atoms with Crippen LogP contribution in [-0.2, 0) is 16.0 Å². The molecule has 1 aromatic rings. The quantitative estimate of drug-likeness (QED) is 0.832. The number of benzene rings is 1. The minimum absolute atomic E-state index is 0.163. The number of carbonyl (C=O) groups excluding carboxylic acids is 1. The van der Waals surface area contributed by atoms with E-state index in [1.807, 2.05) is 32.0 Å². The molecule has 2 rings (SSSR count). The van der Waals surface area contributed by atoms with Crippen molar-refractivity contribution in [3.63, 3.8) is 0 Å². The van der Waals surface area contributed by atoms with Crippen LogP contribution in [0, 0.1) is 0 Å². The van der Waals surface area contributed by atoms with Crippen LogP contribution in [0.15, 0.2) is 18.2 Å². The van der Waals surface area contributed by atoms with Crippen LogP contribution in [-0.4, -0.2) is 18.7 Å². The molecular weight excluding hydrogens is 230 g/mol. The second-order valence-corrected chi connectivity index (χ2v) is 5.26. The van der Waals surface area contributed by atoms with Gasteiger partial charge < -0.3 is 15.2 Å². The summed E-state index contributed by atoms with van der Waals surface area (Å²) in [5.41, 5.74) is 7.88. The third kappa shape index (κ3) is 2.48. The monoisotopic (exact) mass is 249 g/mol. The summed E-state index contributed by atoms with van der Waals surface area (Å²) in [5, 5.41) is 0. The van der Waals surface area contributed by atoms with Gasteiger partial charge in [-0.05, 0) is 19.4 Å². The number of fused-ring (bicyclic) bond motifs is 1. The molecule has 1 heterocycles. The number of ether oxygens (including phenoxy) is 2. The van der Waals surface area contributed by atoms with Crippen molar-refractivity contribution in [1.82, 2.24) is 0 Å². The van der Waals surface area contributed by atoms with Gasteiger partial charge in [-0.25, -0.2) is 0 Å². The molecule has 0 amide bonds. The highest BCUT2D eigenvalue weighted by Crippen LogP contribution is 2.40. The normalized spacial score (nSPS) is 17.8. The second-order valence-electron chi connectivity index (χ2n) is 5.26. The predicted octanol–water partition coefficient (Wildman–Crippen LogP) is 1.96. The van der Waals surface area contributed by atoms with E-state index in [-0.39, 0.29) is 24.0 Å². The molecule has 0 saturated carbocycles. The highest BCUT2D eigenvalue weighted by Gasteiger charge is 2.32. The van der Waals surface area contributed by atoms with Crippen molar-refractivity contribution in [1.29, 1.82) is 0 Å². The molecule has 0 aromatic heterocycles. The van der Waals surface area contributed by atoms with Gasteiger partial charge in [0.15, 0.2) is 0 Å². The first-order valence-electron chi connectivity index (χ1n) is 6.06. The van der Waals surface area contributed by atoms with E-state index in [4.69, 9.17) is 10.5 Å². The first-order valence-corrected chi connectivity index (χ1v) is 6.06. The van der Waals surface area contributed by atoms with E-state index in [2.05, 4.69) is 4.74 Å². The molecule has 4 nitrogen and oxygen atoms in total. The third-order valence-electron chi connectivity index (χ3n) is 3.14. The van der Waals surface area contributed by atoms with E-state index in [0.29, 0.717) is 0 Å². The van der Waals surface area contributed by atoms with Gasteiger partial charge in [0, 0.05) is 18.0 Å². The van der Waals surface area contributed by atoms with E-state index in [9.17, 15) is 4.79 Å². The summed E-state index contributed by atoms with van der Waals surface area (Å²) in [6.07, 6.45) is 1.03. The molecule has 1 aromatic carbocycles. The lowest BCUT2D eigenvalue weighted by Gasteiger charge is -2.20. The molecule has 0 radical (unpaired) electrons.